The highest BCUT2D eigenvalue weighted by Crippen LogP contribution is 2.43. The molecule has 2 rings (SSSR count). The lowest BCUT2D eigenvalue weighted by Gasteiger charge is -2.32. The Balaban J connectivity index is 2.65. The van der Waals surface area contributed by atoms with Crippen LogP contribution in [0.1, 0.15) is 25.3 Å². The standard InChI is InChI=1S/C19H23NO6/c1-11-15(18(22)25-4)17(13-7-5-6-8-14(13)24-3)16(12(2)20-11)19(23)26-10-9-21/h5-8,15,17,21H,9-10H2,1-4H3. The van der Waals surface area contributed by atoms with Gasteiger partial charge in [0.2, 0.25) is 0 Å². The number of para-hydroxylation sites is 1. The molecule has 1 aliphatic heterocycles. The number of hydrogen-bond acceptors (Lipinski definition) is 7. The summed E-state index contributed by atoms with van der Waals surface area (Å²) in [6.07, 6.45) is 0. The average Bonchev–Trinajstić information content (AvgIpc) is 2.64. The smallest absolute Gasteiger partial charge is 0.336 e. The van der Waals surface area contributed by atoms with Crippen LogP contribution >= 0.6 is 0 Å². The second-order valence-corrected chi connectivity index (χ2v) is 5.83. The Labute approximate surface area is 152 Å². The monoisotopic (exact) mass is 361 g/mol. The van der Waals surface area contributed by atoms with Crippen molar-refractivity contribution in [1.82, 2.24) is 0 Å². The van der Waals surface area contributed by atoms with Crippen LogP contribution in [-0.2, 0) is 19.1 Å². The topological polar surface area (TPSA) is 94.4 Å². The number of aliphatic hydroxyl groups is 1. The molecule has 2 unspecified atom stereocenters. The van der Waals surface area contributed by atoms with Crippen molar-refractivity contribution >= 4 is 17.7 Å². The summed E-state index contributed by atoms with van der Waals surface area (Å²) in [5, 5.41) is 8.95. The molecule has 0 aliphatic carbocycles. The predicted molar refractivity (Wildman–Crippen MR) is 95.1 cm³/mol. The molecule has 1 aromatic carbocycles. The van der Waals surface area contributed by atoms with Gasteiger partial charge in [-0.1, -0.05) is 18.2 Å². The lowest BCUT2D eigenvalue weighted by Crippen LogP contribution is -2.36. The van der Waals surface area contributed by atoms with Gasteiger partial charge in [0.1, 0.15) is 18.3 Å². The maximum absolute atomic E-state index is 12.7. The number of carbonyl (C=O) groups excluding carboxylic acids is 2. The van der Waals surface area contributed by atoms with E-state index in [1.165, 1.54) is 14.2 Å². The van der Waals surface area contributed by atoms with E-state index in [1.54, 1.807) is 38.1 Å². The second kappa shape index (κ2) is 8.62. The Hall–Kier alpha value is -2.67. The highest BCUT2D eigenvalue weighted by atomic mass is 16.5. The zero-order valence-corrected chi connectivity index (χ0v) is 15.3. The summed E-state index contributed by atoms with van der Waals surface area (Å²) in [7, 11) is 2.82. The number of allylic oxidation sites excluding steroid dienone is 1. The van der Waals surface area contributed by atoms with E-state index >= 15 is 0 Å². The summed E-state index contributed by atoms with van der Waals surface area (Å²) in [5.41, 5.74) is 1.92. The van der Waals surface area contributed by atoms with Crippen LogP contribution in [-0.4, -0.2) is 50.2 Å². The maximum atomic E-state index is 12.7. The third-order valence-corrected chi connectivity index (χ3v) is 4.30. The van der Waals surface area contributed by atoms with Gasteiger partial charge in [-0.05, 0) is 19.9 Å². The number of esters is 2. The van der Waals surface area contributed by atoms with Crippen molar-refractivity contribution in [2.75, 3.05) is 27.4 Å². The maximum Gasteiger partial charge on any atom is 0.336 e. The van der Waals surface area contributed by atoms with Crippen molar-refractivity contribution in [2.45, 2.75) is 19.8 Å². The van der Waals surface area contributed by atoms with Gasteiger partial charge in [-0.3, -0.25) is 9.79 Å². The van der Waals surface area contributed by atoms with Crippen molar-refractivity contribution < 1.29 is 28.9 Å². The molecule has 1 aliphatic rings. The Bertz CT molecular complexity index is 752. The Morgan fingerprint density at radius 3 is 2.50 bits per heavy atom. The van der Waals surface area contributed by atoms with Crippen molar-refractivity contribution in [3.63, 3.8) is 0 Å². The average molecular weight is 361 g/mol. The summed E-state index contributed by atoms with van der Waals surface area (Å²) in [6.45, 7) is 2.98. The summed E-state index contributed by atoms with van der Waals surface area (Å²) in [6, 6.07) is 7.17. The minimum absolute atomic E-state index is 0.139. The number of aliphatic hydroxyl groups excluding tert-OH is 1. The fourth-order valence-corrected chi connectivity index (χ4v) is 3.21. The fraction of sp³-hybridized carbons (Fsp3) is 0.421. The molecule has 0 fully saturated rings. The first-order valence-electron chi connectivity index (χ1n) is 8.20. The molecule has 0 radical (unpaired) electrons. The zero-order valence-electron chi connectivity index (χ0n) is 15.3. The van der Waals surface area contributed by atoms with Crippen LogP contribution in [0.15, 0.2) is 40.5 Å². The van der Waals surface area contributed by atoms with Crippen LogP contribution in [0.2, 0.25) is 0 Å². The quantitative estimate of drug-likeness (QED) is 0.777. The van der Waals surface area contributed by atoms with Gasteiger partial charge in [0.05, 0.1) is 26.4 Å². The van der Waals surface area contributed by atoms with Crippen LogP contribution < -0.4 is 4.74 Å². The van der Waals surface area contributed by atoms with E-state index in [0.29, 0.717) is 22.7 Å². The van der Waals surface area contributed by atoms with Gasteiger partial charge in [0.25, 0.3) is 0 Å². The number of rotatable bonds is 6. The summed E-state index contributed by atoms with van der Waals surface area (Å²) in [4.78, 5) is 29.5. The molecule has 1 heterocycles. The van der Waals surface area contributed by atoms with Crippen LogP contribution in [0, 0.1) is 5.92 Å². The van der Waals surface area contributed by atoms with Gasteiger partial charge in [-0.15, -0.1) is 0 Å². The molecule has 26 heavy (non-hydrogen) atoms. The molecule has 0 saturated heterocycles. The Morgan fingerprint density at radius 2 is 1.88 bits per heavy atom. The summed E-state index contributed by atoms with van der Waals surface area (Å²) < 4.78 is 15.5. The number of ether oxygens (including phenoxy) is 3. The zero-order chi connectivity index (χ0) is 19.3. The van der Waals surface area contributed by atoms with E-state index in [0.717, 1.165) is 0 Å². The number of nitrogens with zero attached hydrogens (tertiary/aromatic N) is 1. The fourth-order valence-electron chi connectivity index (χ4n) is 3.21. The highest BCUT2D eigenvalue weighted by Gasteiger charge is 2.43. The molecule has 0 amide bonds. The second-order valence-electron chi connectivity index (χ2n) is 5.83. The number of aliphatic imine (C=N–C) groups is 1. The molecule has 1 aromatic rings. The predicted octanol–water partition coefficient (Wildman–Crippen LogP) is 1.85. The molecule has 0 bridgehead atoms. The first-order valence-corrected chi connectivity index (χ1v) is 8.20. The van der Waals surface area contributed by atoms with Crippen molar-refractivity contribution in [1.29, 1.82) is 0 Å². The minimum atomic E-state index is -0.781. The Kier molecular flexibility index (Phi) is 6.52. The van der Waals surface area contributed by atoms with Crippen molar-refractivity contribution in [2.24, 2.45) is 10.9 Å². The molecule has 0 spiro atoms. The number of carbonyl (C=O) groups is 2. The highest BCUT2D eigenvalue weighted by molar-refractivity contribution is 6.07. The van der Waals surface area contributed by atoms with E-state index < -0.39 is 23.8 Å². The molecule has 1 N–H and O–H groups in total. The van der Waals surface area contributed by atoms with Crippen molar-refractivity contribution in [3.8, 4) is 5.75 Å². The van der Waals surface area contributed by atoms with E-state index in [1.807, 2.05) is 0 Å². The molecular weight excluding hydrogens is 338 g/mol. The van der Waals surface area contributed by atoms with Crippen LogP contribution in [0.3, 0.4) is 0 Å². The summed E-state index contributed by atoms with van der Waals surface area (Å²) >= 11 is 0. The van der Waals surface area contributed by atoms with Gasteiger partial charge in [-0.25, -0.2) is 4.79 Å². The van der Waals surface area contributed by atoms with Crippen LogP contribution in [0.5, 0.6) is 5.75 Å². The Morgan fingerprint density at radius 1 is 1.19 bits per heavy atom. The number of hydrogen-bond donors (Lipinski definition) is 1. The molecular formula is C19H23NO6. The van der Waals surface area contributed by atoms with E-state index in [9.17, 15) is 9.59 Å². The molecule has 0 saturated carbocycles. The van der Waals surface area contributed by atoms with Gasteiger partial charge in [0.15, 0.2) is 0 Å². The lowest BCUT2D eigenvalue weighted by atomic mass is 9.75. The van der Waals surface area contributed by atoms with Gasteiger partial charge in [-0.2, -0.15) is 0 Å². The van der Waals surface area contributed by atoms with E-state index in [4.69, 9.17) is 19.3 Å². The van der Waals surface area contributed by atoms with E-state index in [-0.39, 0.29) is 18.8 Å². The first kappa shape index (κ1) is 19.7. The van der Waals surface area contributed by atoms with Gasteiger partial charge >= 0.3 is 11.9 Å². The first-order chi connectivity index (χ1) is 12.5. The van der Waals surface area contributed by atoms with E-state index in [2.05, 4.69) is 4.99 Å². The summed E-state index contributed by atoms with van der Waals surface area (Å²) in [5.74, 6) is -2.03. The van der Waals surface area contributed by atoms with Crippen molar-refractivity contribution in [3.05, 3.63) is 41.1 Å². The normalized spacial score (nSPS) is 19.7. The molecule has 2 atom stereocenters. The minimum Gasteiger partial charge on any atom is -0.496 e. The third kappa shape index (κ3) is 3.77. The van der Waals surface area contributed by atoms with Crippen LogP contribution in [0.25, 0.3) is 0 Å². The SMILES string of the molecule is COC(=O)C1C(C)=NC(C)=C(C(=O)OCCO)C1c1ccccc1OC. The lowest BCUT2D eigenvalue weighted by molar-refractivity contribution is -0.144. The molecule has 7 nitrogen and oxygen atoms in total. The molecule has 7 heteroatoms. The number of benzene rings is 1. The molecule has 0 aromatic heterocycles. The third-order valence-electron chi connectivity index (χ3n) is 4.30. The molecule has 140 valence electrons. The van der Waals surface area contributed by atoms with Crippen LogP contribution in [0.4, 0.5) is 0 Å². The number of methoxy groups -OCH3 is 2. The van der Waals surface area contributed by atoms with Gasteiger partial charge < -0.3 is 19.3 Å². The largest absolute Gasteiger partial charge is 0.496 e. The van der Waals surface area contributed by atoms with Gasteiger partial charge in [0, 0.05) is 22.9 Å².